The molecule has 0 saturated carbocycles. The summed E-state index contributed by atoms with van der Waals surface area (Å²) in [6.45, 7) is 4.84. The molecule has 1 heterocycles. The van der Waals surface area contributed by atoms with Gasteiger partial charge in [-0.3, -0.25) is 4.79 Å². The van der Waals surface area contributed by atoms with Gasteiger partial charge in [-0.05, 0) is 36.8 Å². The Hall–Kier alpha value is -1.95. The van der Waals surface area contributed by atoms with E-state index in [1.165, 1.54) is 0 Å². The number of carbonyl (C=O) groups is 1. The molecule has 0 spiro atoms. The number of phenolic OH excluding ortho intramolecular Hbond substituents is 1. The molecule has 26 heavy (non-hydrogen) atoms. The number of piperazine rings is 1. The average Bonchev–Trinajstić information content (AvgIpc) is 2.62. The summed E-state index contributed by atoms with van der Waals surface area (Å²) in [4.78, 5) is 16.7. The Labute approximate surface area is 166 Å². The number of aromatic hydroxyl groups is 1. The number of halogens is 2. The van der Waals surface area contributed by atoms with Crippen LogP contribution in [0, 0.1) is 6.92 Å². The molecule has 1 fully saturated rings. The predicted molar refractivity (Wildman–Crippen MR) is 110 cm³/mol. The Balaban J connectivity index is 0.00000169. The Bertz CT molecular complexity index is 700. The summed E-state index contributed by atoms with van der Waals surface area (Å²) in [6.07, 6.45) is 0. The van der Waals surface area contributed by atoms with Gasteiger partial charge in [0.25, 0.3) is 0 Å². The molecule has 0 aliphatic carbocycles. The summed E-state index contributed by atoms with van der Waals surface area (Å²) in [5.41, 5.74) is 9.21. The molecule has 1 aliphatic heterocycles. The number of rotatable bonds is 3. The summed E-state index contributed by atoms with van der Waals surface area (Å²) in [5.74, 6) is 0.237. The molecule has 142 valence electrons. The predicted octanol–water partition coefficient (Wildman–Crippen LogP) is 2.89. The maximum atomic E-state index is 12.6. The summed E-state index contributed by atoms with van der Waals surface area (Å²) < 4.78 is 0. The van der Waals surface area contributed by atoms with Crippen LogP contribution in [-0.4, -0.2) is 42.1 Å². The van der Waals surface area contributed by atoms with Gasteiger partial charge in [-0.2, -0.15) is 0 Å². The Morgan fingerprint density at radius 2 is 1.50 bits per heavy atom. The molecule has 1 unspecified atom stereocenters. The molecule has 2 aromatic rings. The number of amides is 1. The minimum Gasteiger partial charge on any atom is -0.508 e. The van der Waals surface area contributed by atoms with Crippen LogP contribution in [0.5, 0.6) is 5.75 Å². The van der Waals surface area contributed by atoms with Crippen molar-refractivity contribution in [2.24, 2.45) is 5.73 Å². The van der Waals surface area contributed by atoms with Gasteiger partial charge in [0, 0.05) is 31.9 Å². The third kappa shape index (κ3) is 5.04. The monoisotopic (exact) mass is 397 g/mol. The van der Waals surface area contributed by atoms with E-state index >= 15 is 0 Å². The third-order valence-electron chi connectivity index (χ3n) is 4.51. The number of hydrogen-bond acceptors (Lipinski definition) is 4. The highest BCUT2D eigenvalue weighted by Gasteiger charge is 2.26. The largest absolute Gasteiger partial charge is 0.508 e. The van der Waals surface area contributed by atoms with E-state index in [9.17, 15) is 9.90 Å². The van der Waals surface area contributed by atoms with Crippen LogP contribution in [0.2, 0.25) is 0 Å². The molecular formula is C19H25Cl2N3O2. The molecule has 7 heteroatoms. The molecule has 2 aromatic carbocycles. The first-order valence-electron chi connectivity index (χ1n) is 8.19. The molecule has 3 N–H and O–H groups in total. The first kappa shape index (κ1) is 22.1. The van der Waals surface area contributed by atoms with Crippen LogP contribution >= 0.6 is 24.8 Å². The van der Waals surface area contributed by atoms with E-state index < -0.39 is 6.04 Å². The maximum Gasteiger partial charge on any atom is 0.244 e. The van der Waals surface area contributed by atoms with Crippen molar-refractivity contribution in [1.29, 1.82) is 0 Å². The normalized spacial score (nSPS) is 14.8. The lowest BCUT2D eigenvalue weighted by molar-refractivity contribution is -0.133. The smallest absolute Gasteiger partial charge is 0.244 e. The van der Waals surface area contributed by atoms with Gasteiger partial charge in [-0.15, -0.1) is 24.8 Å². The highest BCUT2D eigenvalue weighted by atomic mass is 35.5. The Kier molecular flexibility index (Phi) is 8.21. The molecule has 1 atom stereocenters. The number of carbonyl (C=O) groups excluding carboxylic acids is 1. The van der Waals surface area contributed by atoms with Gasteiger partial charge >= 0.3 is 0 Å². The van der Waals surface area contributed by atoms with Crippen LogP contribution in [0.4, 0.5) is 5.69 Å². The van der Waals surface area contributed by atoms with E-state index in [1.54, 1.807) is 12.1 Å². The van der Waals surface area contributed by atoms with Gasteiger partial charge in [0.1, 0.15) is 11.8 Å². The summed E-state index contributed by atoms with van der Waals surface area (Å²) in [5, 5.41) is 9.37. The number of phenols is 1. The van der Waals surface area contributed by atoms with Crippen molar-refractivity contribution in [3.63, 3.8) is 0 Å². The number of benzene rings is 2. The van der Waals surface area contributed by atoms with E-state index in [4.69, 9.17) is 5.73 Å². The fourth-order valence-electron chi connectivity index (χ4n) is 2.96. The zero-order valence-electron chi connectivity index (χ0n) is 14.7. The lowest BCUT2D eigenvalue weighted by atomic mass is 10.0. The topological polar surface area (TPSA) is 69.8 Å². The Morgan fingerprint density at radius 1 is 0.962 bits per heavy atom. The first-order valence-corrected chi connectivity index (χ1v) is 8.19. The fraction of sp³-hybridized carbons (Fsp3) is 0.316. The van der Waals surface area contributed by atoms with Crippen molar-refractivity contribution in [2.45, 2.75) is 13.0 Å². The second kappa shape index (κ2) is 9.67. The number of anilines is 1. The average molecular weight is 398 g/mol. The van der Waals surface area contributed by atoms with Crippen molar-refractivity contribution in [3.05, 3.63) is 59.7 Å². The van der Waals surface area contributed by atoms with Crippen molar-refractivity contribution in [1.82, 2.24) is 4.90 Å². The van der Waals surface area contributed by atoms with Gasteiger partial charge in [0.05, 0.1) is 0 Å². The van der Waals surface area contributed by atoms with Gasteiger partial charge in [-0.1, -0.05) is 29.8 Å². The van der Waals surface area contributed by atoms with Crippen LogP contribution in [-0.2, 0) is 4.79 Å². The summed E-state index contributed by atoms with van der Waals surface area (Å²) in [6, 6.07) is 14.3. The second-order valence-corrected chi connectivity index (χ2v) is 6.22. The lowest BCUT2D eigenvalue weighted by Crippen LogP contribution is -2.51. The molecular weight excluding hydrogens is 373 g/mol. The highest BCUT2D eigenvalue weighted by molar-refractivity contribution is 5.85. The van der Waals surface area contributed by atoms with Gasteiger partial charge in [0.2, 0.25) is 5.91 Å². The number of nitrogens with two attached hydrogens (primary N) is 1. The van der Waals surface area contributed by atoms with Crippen LogP contribution in [0.1, 0.15) is 17.2 Å². The van der Waals surface area contributed by atoms with E-state index in [2.05, 4.69) is 4.90 Å². The quantitative estimate of drug-likeness (QED) is 0.834. The van der Waals surface area contributed by atoms with Gasteiger partial charge < -0.3 is 20.6 Å². The molecule has 0 aromatic heterocycles. The summed E-state index contributed by atoms with van der Waals surface area (Å²) >= 11 is 0. The SMILES string of the molecule is Cc1ccc(C(N)C(=O)N2CCN(c3ccc(O)cc3)CC2)cc1.Cl.Cl. The molecule has 1 amide bonds. The molecule has 5 nitrogen and oxygen atoms in total. The zero-order chi connectivity index (χ0) is 17.1. The van der Waals surface area contributed by atoms with E-state index in [0.717, 1.165) is 29.9 Å². The van der Waals surface area contributed by atoms with Gasteiger partial charge in [0.15, 0.2) is 0 Å². The third-order valence-corrected chi connectivity index (χ3v) is 4.51. The molecule has 0 bridgehead atoms. The molecule has 3 rings (SSSR count). The highest BCUT2D eigenvalue weighted by Crippen LogP contribution is 2.21. The minimum absolute atomic E-state index is 0. The molecule has 0 radical (unpaired) electrons. The first-order chi connectivity index (χ1) is 11.5. The summed E-state index contributed by atoms with van der Waals surface area (Å²) in [7, 11) is 0. The van der Waals surface area contributed by atoms with Crippen molar-refractivity contribution < 1.29 is 9.90 Å². The van der Waals surface area contributed by atoms with E-state index in [1.807, 2.05) is 48.2 Å². The fourth-order valence-corrected chi connectivity index (χ4v) is 2.96. The minimum atomic E-state index is -0.606. The van der Waals surface area contributed by atoms with Crippen molar-refractivity contribution in [3.8, 4) is 5.75 Å². The van der Waals surface area contributed by atoms with Crippen LogP contribution in [0.3, 0.4) is 0 Å². The number of nitrogens with zero attached hydrogens (tertiary/aromatic N) is 2. The van der Waals surface area contributed by atoms with Crippen molar-refractivity contribution >= 4 is 36.4 Å². The van der Waals surface area contributed by atoms with E-state index in [-0.39, 0.29) is 36.5 Å². The second-order valence-electron chi connectivity index (χ2n) is 6.22. The lowest BCUT2D eigenvalue weighted by Gasteiger charge is -2.37. The molecule has 1 aliphatic rings. The van der Waals surface area contributed by atoms with Gasteiger partial charge in [-0.25, -0.2) is 0 Å². The molecule has 1 saturated heterocycles. The zero-order valence-corrected chi connectivity index (χ0v) is 16.3. The van der Waals surface area contributed by atoms with Crippen LogP contribution < -0.4 is 10.6 Å². The Morgan fingerprint density at radius 3 is 2.04 bits per heavy atom. The van der Waals surface area contributed by atoms with Crippen molar-refractivity contribution in [2.75, 3.05) is 31.1 Å². The maximum absolute atomic E-state index is 12.6. The van der Waals surface area contributed by atoms with Crippen LogP contribution in [0.25, 0.3) is 0 Å². The van der Waals surface area contributed by atoms with E-state index in [0.29, 0.717) is 13.1 Å². The number of aryl methyl sites for hydroxylation is 1. The standard InChI is InChI=1S/C19H23N3O2.2ClH/c1-14-2-4-15(5-3-14)18(20)19(24)22-12-10-21(11-13-22)16-6-8-17(23)9-7-16;;/h2-9,18,23H,10-13,20H2,1H3;2*1H. The number of hydrogen-bond donors (Lipinski definition) is 2. The van der Waals surface area contributed by atoms with Crippen LogP contribution in [0.15, 0.2) is 48.5 Å².